The van der Waals surface area contributed by atoms with E-state index in [1.54, 1.807) is 23.1 Å². The molecule has 2 rings (SSSR count). The summed E-state index contributed by atoms with van der Waals surface area (Å²) in [4.78, 5) is 26.0. The van der Waals surface area contributed by atoms with E-state index in [9.17, 15) is 14.7 Å². The lowest BCUT2D eigenvalue weighted by molar-refractivity contribution is 0.0520. The van der Waals surface area contributed by atoms with Crippen LogP contribution in [-0.4, -0.2) is 47.2 Å². The first-order valence-corrected chi connectivity index (χ1v) is 8.21. The maximum absolute atomic E-state index is 12.5. The van der Waals surface area contributed by atoms with Crippen molar-refractivity contribution in [3.05, 3.63) is 29.3 Å². The lowest BCUT2D eigenvalue weighted by Crippen LogP contribution is -2.36. The average Bonchev–Trinajstić information content (AvgIpc) is 2.94. The van der Waals surface area contributed by atoms with Crippen molar-refractivity contribution in [2.24, 2.45) is 5.92 Å². The SMILES string of the molecule is Cc1ccc(O)c(C(=O)N2CC[C@@H](CNC(=O)OC(C)(C)C)C2)c1. The fourth-order valence-electron chi connectivity index (χ4n) is 2.72. The number of rotatable bonds is 3. The molecule has 2 N–H and O–H groups in total. The Morgan fingerprint density at radius 1 is 1.38 bits per heavy atom. The summed E-state index contributed by atoms with van der Waals surface area (Å²) < 4.78 is 5.21. The van der Waals surface area contributed by atoms with Gasteiger partial charge in [0.1, 0.15) is 11.4 Å². The zero-order valence-corrected chi connectivity index (χ0v) is 14.8. The molecule has 1 saturated heterocycles. The number of carbonyl (C=O) groups is 2. The summed E-state index contributed by atoms with van der Waals surface area (Å²) in [5, 5.41) is 12.6. The van der Waals surface area contributed by atoms with Crippen molar-refractivity contribution in [2.45, 2.75) is 39.7 Å². The molecule has 0 saturated carbocycles. The number of hydrogen-bond donors (Lipinski definition) is 2. The second-order valence-corrected chi connectivity index (χ2v) is 7.31. The number of alkyl carbamates (subject to hydrolysis) is 1. The second-order valence-electron chi connectivity index (χ2n) is 7.31. The molecule has 0 aromatic heterocycles. The highest BCUT2D eigenvalue weighted by molar-refractivity contribution is 5.97. The normalized spacial score (nSPS) is 17.7. The van der Waals surface area contributed by atoms with Crippen LogP contribution < -0.4 is 5.32 Å². The number of benzene rings is 1. The van der Waals surface area contributed by atoms with E-state index in [1.165, 1.54) is 0 Å². The highest BCUT2D eigenvalue weighted by Crippen LogP contribution is 2.24. The summed E-state index contributed by atoms with van der Waals surface area (Å²) in [5.74, 6) is 0.0188. The molecule has 1 aliphatic heterocycles. The van der Waals surface area contributed by atoms with Gasteiger partial charge < -0.3 is 20.1 Å². The molecule has 0 bridgehead atoms. The highest BCUT2D eigenvalue weighted by atomic mass is 16.6. The zero-order valence-electron chi connectivity index (χ0n) is 14.8. The Morgan fingerprint density at radius 3 is 2.75 bits per heavy atom. The van der Waals surface area contributed by atoms with Crippen molar-refractivity contribution < 1.29 is 19.4 Å². The number of nitrogens with one attached hydrogen (secondary N) is 1. The topological polar surface area (TPSA) is 78.9 Å². The summed E-state index contributed by atoms with van der Waals surface area (Å²) in [7, 11) is 0. The van der Waals surface area contributed by atoms with Gasteiger partial charge in [-0.05, 0) is 52.2 Å². The lowest BCUT2D eigenvalue weighted by Gasteiger charge is -2.21. The third-order valence-electron chi connectivity index (χ3n) is 3.89. The smallest absolute Gasteiger partial charge is 0.407 e. The molecule has 0 aliphatic carbocycles. The molecule has 1 aliphatic rings. The van der Waals surface area contributed by atoms with Gasteiger partial charge in [0, 0.05) is 19.6 Å². The molecule has 1 fully saturated rings. The van der Waals surface area contributed by atoms with Crippen LogP contribution in [0.5, 0.6) is 5.75 Å². The van der Waals surface area contributed by atoms with Gasteiger partial charge >= 0.3 is 6.09 Å². The van der Waals surface area contributed by atoms with Crippen LogP contribution in [0.2, 0.25) is 0 Å². The molecule has 2 amide bonds. The van der Waals surface area contributed by atoms with Crippen LogP contribution in [0.1, 0.15) is 43.1 Å². The molecule has 6 nitrogen and oxygen atoms in total. The summed E-state index contributed by atoms with van der Waals surface area (Å²) in [6.07, 6.45) is 0.373. The van der Waals surface area contributed by atoms with E-state index in [0.717, 1.165) is 12.0 Å². The predicted octanol–water partition coefficient (Wildman–Crippen LogP) is 2.69. The van der Waals surface area contributed by atoms with Crippen molar-refractivity contribution >= 4 is 12.0 Å². The molecule has 1 atom stereocenters. The molecular formula is C18H26N2O4. The predicted molar refractivity (Wildman–Crippen MR) is 91.1 cm³/mol. The number of phenols is 1. The fourth-order valence-corrected chi connectivity index (χ4v) is 2.72. The first-order valence-electron chi connectivity index (χ1n) is 8.21. The Kier molecular flexibility index (Phi) is 5.36. The number of nitrogens with zero attached hydrogens (tertiary/aromatic N) is 1. The van der Waals surface area contributed by atoms with E-state index < -0.39 is 11.7 Å². The van der Waals surface area contributed by atoms with Crippen LogP contribution in [0.3, 0.4) is 0 Å². The van der Waals surface area contributed by atoms with Gasteiger partial charge in [-0.1, -0.05) is 11.6 Å². The summed E-state index contributed by atoms with van der Waals surface area (Å²) in [5.41, 5.74) is 0.735. The quantitative estimate of drug-likeness (QED) is 0.891. The van der Waals surface area contributed by atoms with Gasteiger partial charge in [0.15, 0.2) is 0 Å². The van der Waals surface area contributed by atoms with E-state index in [2.05, 4.69) is 5.32 Å². The molecule has 0 spiro atoms. The maximum atomic E-state index is 12.5. The summed E-state index contributed by atoms with van der Waals surface area (Å²) in [6, 6.07) is 5.01. The third kappa shape index (κ3) is 4.88. The van der Waals surface area contributed by atoms with Crippen LogP contribution in [-0.2, 0) is 4.74 Å². The van der Waals surface area contributed by atoms with E-state index in [1.807, 2.05) is 27.7 Å². The number of carbonyl (C=O) groups excluding carboxylic acids is 2. The van der Waals surface area contributed by atoms with E-state index in [0.29, 0.717) is 25.2 Å². The van der Waals surface area contributed by atoms with E-state index in [-0.39, 0.29) is 17.6 Å². The molecule has 1 aromatic carbocycles. The molecule has 132 valence electrons. The van der Waals surface area contributed by atoms with Gasteiger partial charge in [0.25, 0.3) is 5.91 Å². The van der Waals surface area contributed by atoms with Crippen LogP contribution in [0, 0.1) is 12.8 Å². The van der Waals surface area contributed by atoms with Crippen molar-refractivity contribution in [1.29, 1.82) is 0 Å². The van der Waals surface area contributed by atoms with Crippen LogP contribution in [0.4, 0.5) is 4.79 Å². The van der Waals surface area contributed by atoms with Gasteiger partial charge in [-0.3, -0.25) is 4.79 Å². The van der Waals surface area contributed by atoms with Crippen molar-refractivity contribution in [3.63, 3.8) is 0 Å². The lowest BCUT2D eigenvalue weighted by atomic mass is 10.1. The standard InChI is InChI=1S/C18H26N2O4/c1-12-5-6-15(21)14(9-12)16(22)20-8-7-13(11-20)10-19-17(23)24-18(2,3)4/h5-6,9,13,21H,7-8,10-11H2,1-4H3,(H,19,23)/t13-/m0/s1. The number of likely N-dealkylation sites (tertiary alicyclic amines) is 1. The molecule has 0 radical (unpaired) electrons. The number of hydrogen-bond acceptors (Lipinski definition) is 4. The minimum absolute atomic E-state index is 0.000861. The molecule has 1 aromatic rings. The summed E-state index contributed by atoms with van der Waals surface area (Å²) in [6.45, 7) is 8.98. The number of aromatic hydroxyl groups is 1. The van der Waals surface area contributed by atoms with Gasteiger partial charge in [-0.15, -0.1) is 0 Å². The van der Waals surface area contributed by atoms with Gasteiger partial charge in [-0.2, -0.15) is 0 Å². The van der Waals surface area contributed by atoms with Gasteiger partial charge in [0.05, 0.1) is 5.56 Å². The molecule has 0 unspecified atom stereocenters. The first kappa shape index (κ1) is 18.1. The Labute approximate surface area is 142 Å². The second kappa shape index (κ2) is 7.11. The van der Waals surface area contributed by atoms with Crippen molar-refractivity contribution in [1.82, 2.24) is 10.2 Å². The minimum atomic E-state index is -0.523. The molecular weight excluding hydrogens is 308 g/mol. The first-order chi connectivity index (χ1) is 11.2. The van der Waals surface area contributed by atoms with Crippen LogP contribution in [0.25, 0.3) is 0 Å². The Balaban J connectivity index is 1.87. The molecule has 6 heteroatoms. The van der Waals surface area contributed by atoms with Crippen LogP contribution in [0.15, 0.2) is 18.2 Å². The van der Waals surface area contributed by atoms with E-state index >= 15 is 0 Å². The number of ether oxygens (including phenoxy) is 1. The van der Waals surface area contributed by atoms with Crippen molar-refractivity contribution in [2.75, 3.05) is 19.6 Å². The maximum Gasteiger partial charge on any atom is 0.407 e. The fraction of sp³-hybridized carbons (Fsp3) is 0.556. The Bertz CT molecular complexity index is 622. The molecule has 24 heavy (non-hydrogen) atoms. The summed E-state index contributed by atoms with van der Waals surface area (Å²) >= 11 is 0. The van der Waals surface area contributed by atoms with Gasteiger partial charge in [-0.25, -0.2) is 4.79 Å². The van der Waals surface area contributed by atoms with Crippen molar-refractivity contribution in [3.8, 4) is 5.75 Å². The number of amides is 2. The largest absolute Gasteiger partial charge is 0.507 e. The Morgan fingerprint density at radius 2 is 2.08 bits per heavy atom. The molecule has 1 heterocycles. The minimum Gasteiger partial charge on any atom is -0.507 e. The number of aryl methyl sites for hydroxylation is 1. The third-order valence-corrected chi connectivity index (χ3v) is 3.89. The monoisotopic (exact) mass is 334 g/mol. The zero-order chi connectivity index (χ0) is 17.9. The number of phenolic OH excluding ortho intramolecular Hbond substituents is 1. The highest BCUT2D eigenvalue weighted by Gasteiger charge is 2.29. The van der Waals surface area contributed by atoms with Gasteiger partial charge in [0.2, 0.25) is 0 Å². The average molecular weight is 334 g/mol. The van der Waals surface area contributed by atoms with E-state index in [4.69, 9.17) is 4.74 Å². The van der Waals surface area contributed by atoms with Crippen LogP contribution >= 0.6 is 0 Å². The Hall–Kier alpha value is -2.24.